The number of tetrazole rings is 1. The normalized spacial score (nSPS) is 11.0. The van der Waals surface area contributed by atoms with Crippen LogP contribution in [0.4, 0.5) is 0 Å². The number of rotatable bonds is 5. The van der Waals surface area contributed by atoms with Crippen molar-refractivity contribution in [3.63, 3.8) is 0 Å². The Bertz CT molecular complexity index is 643. The molecule has 0 unspecified atom stereocenters. The second kappa shape index (κ2) is 5.31. The van der Waals surface area contributed by atoms with Gasteiger partial charge in [-0.1, -0.05) is 6.92 Å². The fraction of sp³-hybridized carbons (Fsp3) is 0.333. The van der Waals surface area contributed by atoms with Crippen molar-refractivity contribution in [2.75, 3.05) is 0 Å². The van der Waals surface area contributed by atoms with E-state index in [1.165, 1.54) is 0 Å². The van der Waals surface area contributed by atoms with Gasteiger partial charge in [-0.25, -0.2) is 9.67 Å². The molecule has 19 heavy (non-hydrogen) atoms. The molecule has 0 aliphatic rings. The lowest BCUT2D eigenvalue weighted by atomic mass is 10.3. The largest absolute Gasteiger partial charge is 0.472 e. The topological polar surface area (TPSA) is 69.6 Å². The Morgan fingerprint density at radius 1 is 1.42 bits per heavy atom. The van der Waals surface area contributed by atoms with Gasteiger partial charge in [0.25, 0.3) is 0 Å². The third-order valence-electron chi connectivity index (χ3n) is 2.71. The van der Waals surface area contributed by atoms with E-state index < -0.39 is 0 Å². The first-order valence-corrected chi connectivity index (χ1v) is 6.97. The summed E-state index contributed by atoms with van der Waals surface area (Å²) in [6, 6.07) is 1.90. The zero-order valence-corrected chi connectivity index (χ0v) is 11.3. The highest BCUT2D eigenvalue weighted by atomic mass is 32.1. The van der Waals surface area contributed by atoms with E-state index in [0.717, 1.165) is 34.9 Å². The standard InChI is InChI=1S/C12H13N5OS/c1-2-3-11-14-15-16-17(11)6-10-8-19-12(13-10)9-4-5-18-7-9/h4-5,7-8H,2-3,6H2,1H3. The SMILES string of the molecule is CCCc1nnnn1Cc1csc(-c2ccoc2)n1. The van der Waals surface area contributed by atoms with E-state index in [-0.39, 0.29) is 0 Å². The van der Waals surface area contributed by atoms with E-state index in [4.69, 9.17) is 4.42 Å². The molecule has 3 rings (SSSR count). The zero-order valence-electron chi connectivity index (χ0n) is 10.5. The van der Waals surface area contributed by atoms with Gasteiger partial charge in [-0.2, -0.15) is 0 Å². The van der Waals surface area contributed by atoms with Crippen LogP contribution in [0, 0.1) is 0 Å². The van der Waals surface area contributed by atoms with Gasteiger partial charge >= 0.3 is 0 Å². The van der Waals surface area contributed by atoms with Crippen LogP contribution in [0.3, 0.4) is 0 Å². The van der Waals surface area contributed by atoms with Crippen molar-refractivity contribution in [2.24, 2.45) is 0 Å². The third-order valence-corrected chi connectivity index (χ3v) is 3.65. The molecule has 0 aliphatic carbocycles. The summed E-state index contributed by atoms with van der Waals surface area (Å²) in [7, 11) is 0. The molecule has 98 valence electrons. The van der Waals surface area contributed by atoms with Gasteiger partial charge in [0.1, 0.15) is 11.3 Å². The number of aromatic nitrogens is 5. The van der Waals surface area contributed by atoms with Crippen LogP contribution in [0.1, 0.15) is 24.9 Å². The number of furan rings is 1. The fourth-order valence-corrected chi connectivity index (χ4v) is 2.60. The summed E-state index contributed by atoms with van der Waals surface area (Å²) in [6.45, 7) is 2.72. The minimum Gasteiger partial charge on any atom is -0.472 e. The van der Waals surface area contributed by atoms with Crippen molar-refractivity contribution in [1.82, 2.24) is 25.2 Å². The number of hydrogen-bond donors (Lipinski definition) is 0. The van der Waals surface area contributed by atoms with Crippen LogP contribution in [-0.4, -0.2) is 25.2 Å². The average Bonchev–Trinajstić information content (AvgIpc) is 3.12. The molecule has 0 aromatic carbocycles. The molecule has 0 spiro atoms. The molecule has 0 amide bonds. The van der Waals surface area contributed by atoms with Crippen molar-refractivity contribution >= 4 is 11.3 Å². The molecule has 3 aromatic rings. The predicted octanol–water partition coefficient (Wildman–Crippen LogP) is 2.39. The molecule has 0 saturated heterocycles. The highest BCUT2D eigenvalue weighted by Gasteiger charge is 2.10. The van der Waals surface area contributed by atoms with Gasteiger partial charge in [0.05, 0.1) is 18.5 Å². The second-order valence-electron chi connectivity index (χ2n) is 4.16. The molecule has 6 nitrogen and oxygen atoms in total. The Kier molecular flexibility index (Phi) is 3.37. The van der Waals surface area contributed by atoms with Crippen LogP contribution in [0.15, 0.2) is 28.4 Å². The van der Waals surface area contributed by atoms with E-state index in [1.807, 2.05) is 11.4 Å². The van der Waals surface area contributed by atoms with Gasteiger partial charge in [0.2, 0.25) is 0 Å². The molecule has 0 aliphatic heterocycles. The van der Waals surface area contributed by atoms with Crippen LogP contribution in [0.5, 0.6) is 0 Å². The van der Waals surface area contributed by atoms with Gasteiger partial charge in [0.15, 0.2) is 5.82 Å². The van der Waals surface area contributed by atoms with Gasteiger partial charge < -0.3 is 4.42 Å². The van der Waals surface area contributed by atoms with Crippen molar-refractivity contribution in [3.05, 3.63) is 35.5 Å². The Hall–Kier alpha value is -2.02. The molecular formula is C12H13N5OS. The van der Waals surface area contributed by atoms with Crippen molar-refractivity contribution < 1.29 is 4.42 Å². The molecule has 7 heteroatoms. The Morgan fingerprint density at radius 3 is 3.16 bits per heavy atom. The molecule has 0 bridgehead atoms. The molecule has 0 radical (unpaired) electrons. The average molecular weight is 275 g/mol. The first-order valence-electron chi connectivity index (χ1n) is 6.09. The molecule has 0 N–H and O–H groups in total. The number of hydrogen-bond acceptors (Lipinski definition) is 6. The maximum atomic E-state index is 5.06. The van der Waals surface area contributed by atoms with Crippen molar-refractivity contribution in [3.8, 4) is 10.6 Å². The minimum atomic E-state index is 0.608. The summed E-state index contributed by atoms with van der Waals surface area (Å²) in [5.41, 5.74) is 1.97. The summed E-state index contributed by atoms with van der Waals surface area (Å²) in [4.78, 5) is 4.57. The summed E-state index contributed by atoms with van der Waals surface area (Å²) in [6.07, 6.45) is 5.25. The summed E-state index contributed by atoms with van der Waals surface area (Å²) in [5, 5.41) is 14.7. The third kappa shape index (κ3) is 2.55. The first kappa shape index (κ1) is 12.0. The van der Waals surface area contributed by atoms with E-state index in [2.05, 4.69) is 27.4 Å². The summed E-state index contributed by atoms with van der Waals surface area (Å²) < 4.78 is 6.87. The van der Waals surface area contributed by atoms with Crippen LogP contribution >= 0.6 is 11.3 Å². The van der Waals surface area contributed by atoms with Crippen molar-refractivity contribution in [2.45, 2.75) is 26.3 Å². The van der Waals surface area contributed by atoms with E-state index in [1.54, 1.807) is 28.5 Å². The van der Waals surface area contributed by atoms with Crippen LogP contribution in [-0.2, 0) is 13.0 Å². The monoisotopic (exact) mass is 275 g/mol. The van der Waals surface area contributed by atoms with Crippen molar-refractivity contribution in [1.29, 1.82) is 0 Å². The van der Waals surface area contributed by atoms with Gasteiger partial charge in [-0.05, 0) is 22.9 Å². The van der Waals surface area contributed by atoms with Gasteiger partial charge in [-0.15, -0.1) is 16.4 Å². The Morgan fingerprint density at radius 2 is 2.37 bits per heavy atom. The van der Waals surface area contributed by atoms with Gasteiger partial charge in [-0.3, -0.25) is 0 Å². The molecule has 3 heterocycles. The Balaban J connectivity index is 1.78. The highest BCUT2D eigenvalue weighted by molar-refractivity contribution is 7.13. The second-order valence-corrected chi connectivity index (χ2v) is 5.02. The molecule has 0 saturated carbocycles. The van der Waals surface area contributed by atoms with Crippen LogP contribution < -0.4 is 0 Å². The van der Waals surface area contributed by atoms with Gasteiger partial charge in [0, 0.05) is 17.4 Å². The predicted molar refractivity (Wildman–Crippen MR) is 70.7 cm³/mol. The minimum absolute atomic E-state index is 0.608. The lowest BCUT2D eigenvalue weighted by Crippen LogP contribution is -2.07. The molecule has 0 fully saturated rings. The lowest BCUT2D eigenvalue weighted by Gasteiger charge is -2.00. The number of thiazole rings is 1. The molecule has 3 aromatic heterocycles. The smallest absolute Gasteiger partial charge is 0.151 e. The number of nitrogens with zero attached hydrogens (tertiary/aromatic N) is 5. The van der Waals surface area contributed by atoms with Crippen LogP contribution in [0.2, 0.25) is 0 Å². The zero-order chi connectivity index (χ0) is 13.1. The summed E-state index contributed by atoms with van der Waals surface area (Å²) in [5.74, 6) is 0.903. The molecule has 0 atom stereocenters. The van der Waals surface area contributed by atoms with E-state index in [9.17, 15) is 0 Å². The fourth-order valence-electron chi connectivity index (χ4n) is 1.80. The quantitative estimate of drug-likeness (QED) is 0.715. The molecular weight excluding hydrogens is 262 g/mol. The maximum absolute atomic E-state index is 5.06. The summed E-state index contributed by atoms with van der Waals surface area (Å²) >= 11 is 1.60. The number of aryl methyl sites for hydroxylation is 1. The Labute approximate surface area is 114 Å². The lowest BCUT2D eigenvalue weighted by molar-refractivity contribution is 0.568. The maximum Gasteiger partial charge on any atom is 0.151 e. The van der Waals surface area contributed by atoms with E-state index >= 15 is 0 Å². The van der Waals surface area contributed by atoms with Crippen LogP contribution in [0.25, 0.3) is 10.6 Å². The van der Waals surface area contributed by atoms with E-state index in [0.29, 0.717) is 6.54 Å². The highest BCUT2D eigenvalue weighted by Crippen LogP contribution is 2.24. The first-order chi connectivity index (χ1) is 9.36.